The van der Waals surface area contributed by atoms with Crippen LogP contribution in [0.5, 0.6) is 0 Å². The van der Waals surface area contributed by atoms with Gasteiger partial charge in [0.2, 0.25) is 0 Å². The van der Waals surface area contributed by atoms with E-state index >= 15 is 0 Å². The minimum atomic E-state index is 0.404. The molecule has 0 aromatic carbocycles. The van der Waals surface area contributed by atoms with Crippen molar-refractivity contribution >= 4 is 0 Å². The van der Waals surface area contributed by atoms with Gasteiger partial charge in [-0.2, -0.15) is 0 Å². The number of methoxy groups -OCH3 is 1. The highest BCUT2D eigenvalue weighted by atomic mass is 16.5. The average molecular weight is 243 g/mol. The molecule has 0 spiro atoms. The molecule has 1 heterocycles. The van der Waals surface area contributed by atoms with Crippen molar-refractivity contribution in [3.8, 4) is 0 Å². The van der Waals surface area contributed by atoms with Crippen LogP contribution in [0.15, 0.2) is 0 Å². The van der Waals surface area contributed by atoms with Crippen molar-refractivity contribution in [3.05, 3.63) is 0 Å². The summed E-state index contributed by atoms with van der Waals surface area (Å²) in [5, 5.41) is 3.50. The summed E-state index contributed by atoms with van der Waals surface area (Å²) >= 11 is 0. The maximum atomic E-state index is 5.60. The van der Waals surface area contributed by atoms with Crippen LogP contribution in [0.4, 0.5) is 0 Å². The molecular weight excluding hydrogens is 214 g/mol. The van der Waals surface area contributed by atoms with Gasteiger partial charge in [0.1, 0.15) is 0 Å². The molecule has 102 valence electrons. The van der Waals surface area contributed by atoms with E-state index in [1.165, 1.54) is 38.5 Å². The molecule has 0 amide bonds. The summed E-state index contributed by atoms with van der Waals surface area (Å²) < 4.78 is 10.7. The Balaban J connectivity index is 2.19. The number of hydrogen-bond donors (Lipinski definition) is 1. The minimum Gasteiger partial charge on any atom is -0.383 e. The van der Waals surface area contributed by atoms with Gasteiger partial charge in [0.25, 0.3) is 0 Å². The summed E-state index contributed by atoms with van der Waals surface area (Å²) in [6, 6.07) is 0. The molecule has 17 heavy (non-hydrogen) atoms. The van der Waals surface area contributed by atoms with Gasteiger partial charge in [-0.25, -0.2) is 0 Å². The first-order valence-corrected chi connectivity index (χ1v) is 7.10. The van der Waals surface area contributed by atoms with E-state index in [1.54, 1.807) is 7.11 Å². The highest BCUT2D eigenvalue weighted by molar-refractivity contribution is 4.85. The fourth-order valence-corrected chi connectivity index (χ4v) is 2.53. The molecule has 1 rings (SSSR count). The maximum absolute atomic E-state index is 5.60. The zero-order valence-corrected chi connectivity index (χ0v) is 11.6. The fourth-order valence-electron chi connectivity index (χ4n) is 2.53. The van der Waals surface area contributed by atoms with Crippen LogP contribution in [0.1, 0.15) is 45.4 Å². The molecule has 0 radical (unpaired) electrons. The van der Waals surface area contributed by atoms with Crippen LogP contribution in [0, 0.1) is 5.41 Å². The molecule has 0 aromatic heterocycles. The van der Waals surface area contributed by atoms with Crippen LogP contribution in [0.3, 0.4) is 0 Å². The Bertz CT molecular complexity index is 165. The lowest BCUT2D eigenvalue weighted by Crippen LogP contribution is -2.36. The number of unbranched alkanes of at least 4 members (excludes halogenated alkanes) is 3. The molecule has 0 aliphatic carbocycles. The van der Waals surface area contributed by atoms with Gasteiger partial charge in [-0.3, -0.25) is 0 Å². The molecule has 3 nitrogen and oxygen atoms in total. The topological polar surface area (TPSA) is 30.5 Å². The van der Waals surface area contributed by atoms with Crippen LogP contribution in [-0.2, 0) is 9.47 Å². The van der Waals surface area contributed by atoms with Gasteiger partial charge < -0.3 is 14.8 Å². The third-order valence-corrected chi connectivity index (χ3v) is 3.73. The number of hydrogen-bond acceptors (Lipinski definition) is 3. The van der Waals surface area contributed by atoms with E-state index in [0.717, 1.165) is 32.9 Å². The monoisotopic (exact) mass is 243 g/mol. The molecule has 0 saturated carbocycles. The summed E-state index contributed by atoms with van der Waals surface area (Å²) in [6.07, 6.45) is 7.94. The van der Waals surface area contributed by atoms with Crippen LogP contribution in [0.25, 0.3) is 0 Å². The van der Waals surface area contributed by atoms with Crippen LogP contribution in [0.2, 0.25) is 0 Å². The molecule has 0 bridgehead atoms. The maximum Gasteiger partial charge on any atom is 0.0587 e. The Morgan fingerprint density at radius 3 is 2.82 bits per heavy atom. The summed E-state index contributed by atoms with van der Waals surface area (Å²) in [6.45, 7) is 6.99. The van der Waals surface area contributed by atoms with Gasteiger partial charge in [-0.1, -0.05) is 32.6 Å². The fraction of sp³-hybridized carbons (Fsp3) is 1.00. The zero-order chi connectivity index (χ0) is 12.4. The lowest BCUT2D eigenvalue weighted by molar-refractivity contribution is 0.137. The molecule has 1 N–H and O–H groups in total. The van der Waals surface area contributed by atoms with E-state index in [-0.39, 0.29) is 0 Å². The lowest BCUT2D eigenvalue weighted by atomic mass is 9.81. The van der Waals surface area contributed by atoms with E-state index in [0.29, 0.717) is 5.41 Å². The van der Waals surface area contributed by atoms with Crippen molar-refractivity contribution in [1.82, 2.24) is 5.32 Å². The Morgan fingerprint density at radius 2 is 2.18 bits per heavy atom. The molecule has 1 atom stereocenters. The smallest absolute Gasteiger partial charge is 0.0587 e. The SMILES string of the molecule is CCCCCCC1(CNCCOC)CCOC1. The molecule has 0 aromatic rings. The van der Waals surface area contributed by atoms with Gasteiger partial charge in [-0.05, 0) is 12.8 Å². The molecule has 1 aliphatic rings. The second-order valence-corrected chi connectivity index (χ2v) is 5.28. The Morgan fingerprint density at radius 1 is 1.29 bits per heavy atom. The second kappa shape index (κ2) is 8.90. The summed E-state index contributed by atoms with van der Waals surface area (Å²) in [5.74, 6) is 0. The first-order chi connectivity index (χ1) is 8.33. The first kappa shape index (κ1) is 14.9. The third kappa shape index (κ3) is 5.84. The van der Waals surface area contributed by atoms with Crippen molar-refractivity contribution in [2.75, 3.05) is 40.0 Å². The van der Waals surface area contributed by atoms with Crippen molar-refractivity contribution in [1.29, 1.82) is 0 Å². The highest BCUT2D eigenvalue weighted by Gasteiger charge is 2.33. The van der Waals surface area contributed by atoms with Gasteiger partial charge >= 0.3 is 0 Å². The average Bonchev–Trinajstić information content (AvgIpc) is 2.80. The number of nitrogens with one attached hydrogen (secondary N) is 1. The largest absolute Gasteiger partial charge is 0.383 e. The lowest BCUT2D eigenvalue weighted by Gasteiger charge is -2.27. The Labute approximate surface area is 106 Å². The van der Waals surface area contributed by atoms with E-state index in [9.17, 15) is 0 Å². The number of ether oxygens (including phenoxy) is 2. The van der Waals surface area contributed by atoms with Gasteiger partial charge in [0.05, 0.1) is 13.2 Å². The van der Waals surface area contributed by atoms with Crippen molar-refractivity contribution in [2.45, 2.75) is 45.4 Å². The Hall–Kier alpha value is -0.120. The molecular formula is C14H29NO2. The predicted octanol–water partition coefficient (Wildman–Crippen LogP) is 2.60. The number of rotatable bonds is 10. The summed E-state index contributed by atoms with van der Waals surface area (Å²) in [5.41, 5.74) is 0.404. The normalized spacial score (nSPS) is 24.4. The van der Waals surface area contributed by atoms with E-state index in [4.69, 9.17) is 9.47 Å². The van der Waals surface area contributed by atoms with Crippen LogP contribution >= 0.6 is 0 Å². The van der Waals surface area contributed by atoms with Crippen molar-refractivity contribution in [3.63, 3.8) is 0 Å². The standard InChI is InChI=1S/C14H29NO2/c1-3-4-5-6-7-14(8-10-17-13-14)12-15-9-11-16-2/h15H,3-13H2,1-2H3. The quantitative estimate of drug-likeness (QED) is 0.598. The molecule has 1 aliphatic heterocycles. The molecule has 3 heteroatoms. The zero-order valence-electron chi connectivity index (χ0n) is 11.6. The van der Waals surface area contributed by atoms with Crippen LogP contribution in [-0.4, -0.2) is 40.0 Å². The third-order valence-electron chi connectivity index (χ3n) is 3.73. The second-order valence-electron chi connectivity index (χ2n) is 5.28. The minimum absolute atomic E-state index is 0.404. The van der Waals surface area contributed by atoms with Crippen molar-refractivity contribution < 1.29 is 9.47 Å². The van der Waals surface area contributed by atoms with E-state index < -0.39 is 0 Å². The van der Waals surface area contributed by atoms with Gasteiger partial charge in [-0.15, -0.1) is 0 Å². The van der Waals surface area contributed by atoms with E-state index in [2.05, 4.69) is 12.2 Å². The van der Waals surface area contributed by atoms with E-state index in [1.807, 2.05) is 0 Å². The van der Waals surface area contributed by atoms with Crippen LogP contribution < -0.4 is 5.32 Å². The molecule has 1 fully saturated rings. The Kier molecular flexibility index (Phi) is 7.82. The predicted molar refractivity (Wildman–Crippen MR) is 71.4 cm³/mol. The first-order valence-electron chi connectivity index (χ1n) is 7.10. The summed E-state index contributed by atoms with van der Waals surface area (Å²) in [7, 11) is 1.75. The van der Waals surface area contributed by atoms with Crippen molar-refractivity contribution in [2.24, 2.45) is 5.41 Å². The van der Waals surface area contributed by atoms with Gasteiger partial charge in [0.15, 0.2) is 0 Å². The highest BCUT2D eigenvalue weighted by Crippen LogP contribution is 2.33. The summed E-state index contributed by atoms with van der Waals surface area (Å²) in [4.78, 5) is 0. The van der Waals surface area contributed by atoms with Gasteiger partial charge in [0, 0.05) is 32.2 Å². The molecule has 1 unspecified atom stereocenters. The molecule has 1 saturated heterocycles.